The highest BCUT2D eigenvalue weighted by Gasteiger charge is 2.29. The molecule has 3 nitrogen and oxygen atoms in total. The molecular formula is C15H22N2OS. The van der Waals surface area contributed by atoms with Gasteiger partial charge >= 0.3 is 0 Å². The molecule has 0 unspecified atom stereocenters. The first-order valence-electron chi connectivity index (χ1n) is 6.83. The summed E-state index contributed by atoms with van der Waals surface area (Å²) in [5, 5.41) is 0. The molecule has 0 aromatic heterocycles. The summed E-state index contributed by atoms with van der Waals surface area (Å²) >= 11 is 1.70. The Bertz CT molecular complexity index is 410. The number of rotatable bonds is 4. The number of nitrogens with zero attached hydrogens (tertiary/aromatic N) is 2. The number of hydrogen-bond acceptors (Lipinski definition) is 3. The van der Waals surface area contributed by atoms with Gasteiger partial charge in [-0.25, -0.2) is 0 Å². The molecule has 1 amide bonds. The molecule has 1 aliphatic heterocycles. The minimum Gasteiger partial charge on any atom is -0.332 e. The highest BCUT2D eigenvalue weighted by Crippen LogP contribution is 2.25. The van der Waals surface area contributed by atoms with E-state index in [1.165, 1.54) is 5.56 Å². The summed E-state index contributed by atoms with van der Waals surface area (Å²) in [6.07, 6.45) is 0. The quantitative estimate of drug-likeness (QED) is 0.844. The van der Waals surface area contributed by atoms with Gasteiger partial charge in [-0.2, -0.15) is 11.8 Å². The third kappa shape index (κ3) is 3.74. The predicted octanol–water partition coefficient (Wildman–Crippen LogP) is 2.25. The van der Waals surface area contributed by atoms with Gasteiger partial charge in [-0.15, -0.1) is 0 Å². The fourth-order valence-corrected chi connectivity index (χ4v) is 3.00. The predicted molar refractivity (Wildman–Crippen MR) is 81.4 cm³/mol. The number of piperazine rings is 1. The Labute approximate surface area is 120 Å². The van der Waals surface area contributed by atoms with E-state index in [1.54, 1.807) is 11.8 Å². The molecular weight excluding hydrogens is 256 g/mol. The first kappa shape index (κ1) is 14.4. The number of carbonyl (C=O) groups excluding carboxylic acids is 1. The average Bonchev–Trinajstić information content (AvgIpc) is 2.45. The molecule has 19 heavy (non-hydrogen) atoms. The highest BCUT2D eigenvalue weighted by molar-refractivity contribution is 7.99. The maximum absolute atomic E-state index is 12.3. The molecule has 0 spiro atoms. The Morgan fingerprint density at radius 1 is 1.32 bits per heavy atom. The molecule has 1 aromatic carbocycles. The molecule has 0 N–H and O–H groups in total. The van der Waals surface area contributed by atoms with E-state index >= 15 is 0 Å². The molecule has 0 bridgehead atoms. The van der Waals surface area contributed by atoms with Crippen molar-refractivity contribution in [3.05, 3.63) is 35.9 Å². The molecule has 1 saturated heterocycles. The molecule has 4 heteroatoms. The fraction of sp³-hybridized carbons (Fsp3) is 0.533. The Balaban J connectivity index is 2.13. The lowest BCUT2D eigenvalue weighted by molar-refractivity contribution is -0.133. The minimum atomic E-state index is 0.199. The number of thioether (sulfide) groups is 1. The Morgan fingerprint density at radius 3 is 2.74 bits per heavy atom. The van der Waals surface area contributed by atoms with Crippen molar-refractivity contribution in [3.63, 3.8) is 0 Å². The largest absolute Gasteiger partial charge is 0.332 e. The zero-order valence-electron chi connectivity index (χ0n) is 11.7. The van der Waals surface area contributed by atoms with Crippen LogP contribution < -0.4 is 0 Å². The van der Waals surface area contributed by atoms with Crippen molar-refractivity contribution in [1.82, 2.24) is 9.80 Å². The molecule has 1 atom stereocenters. The zero-order valence-corrected chi connectivity index (χ0v) is 12.5. The van der Waals surface area contributed by atoms with Crippen LogP contribution in [-0.4, -0.2) is 53.9 Å². The monoisotopic (exact) mass is 278 g/mol. The van der Waals surface area contributed by atoms with Crippen LogP contribution in [0.4, 0.5) is 0 Å². The molecule has 1 fully saturated rings. The van der Waals surface area contributed by atoms with E-state index < -0.39 is 0 Å². The third-order valence-electron chi connectivity index (χ3n) is 3.52. The van der Waals surface area contributed by atoms with E-state index in [-0.39, 0.29) is 11.9 Å². The van der Waals surface area contributed by atoms with Gasteiger partial charge < -0.3 is 9.80 Å². The molecule has 2 rings (SSSR count). The topological polar surface area (TPSA) is 23.6 Å². The number of benzene rings is 1. The first-order valence-corrected chi connectivity index (χ1v) is 7.98. The summed E-state index contributed by atoms with van der Waals surface area (Å²) in [5.41, 5.74) is 1.24. The summed E-state index contributed by atoms with van der Waals surface area (Å²) < 4.78 is 0. The van der Waals surface area contributed by atoms with Crippen LogP contribution >= 0.6 is 11.8 Å². The second-order valence-electron chi connectivity index (χ2n) is 4.91. The normalized spacial score (nSPS) is 20.5. The van der Waals surface area contributed by atoms with Gasteiger partial charge in [0.2, 0.25) is 5.91 Å². The highest BCUT2D eigenvalue weighted by atomic mass is 32.2. The van der Waals surface area contributed by atoms with Gasteiger partial charge in [-0.3, -0.25) is 4.79 Å². The van der Waals surface area contributed by atoms with Crippen LogP contribution in [0.3, 0.4) is 0 Å². The van der Waals surface area contributed by atoms with Crippen LogP contribution in [0.1, 0.15) is 18.5 Å². The van der Waals surface area contributed by atoms with E-state index in [0.29, 0.717) is 5.75 Å². The summed E-state index contributed by atoms with van der Waals surface area (Å²) in [6, 6.07) is 10.6. The average molecular weight is 278 g/mol. The zero-order chi connectivity index (χ0) is 13.7. The summed E-state index contributed by atoms with van der Waals surface area (Å²) in [5.74, 6) is 1.87. The Morgan fingerprint density at radius 2 is 2.05 bits per heavy atom. The molecule has 0 saturated carbocycles. The van der Waals surface area contributed by atoms with E-state index in [1.807, 2.05) is 18.2 Å². The van der Waals surface area contributed by atoms with Crippen molar-refractivity contribution in [1.29, 1.82) is 0 Å². The van der Waals surface area contributed by atoms with Gasteiger partial charge in [-0.05, 0) is 18.4 Å². The maximum Gasteiger partial charge on any atom is 0.233 e. The van der Waals surface area contributed by atoms with Crippen molar-refractivity contribution < 1.29 is 4.79 Å². The lowest BCUT2D eigenvalue weighted by Gasteiger charge is -2.40. The summed E-state index contributed by atoms with van der Waals surface area (Å²) in [4.78, 5) is 16.7. The van der Waals surface area contributed by atoms with Crippen LogP contribution in [-0.2, 0) is 4.79 Å². The SMILES string of the molecule is CCSCC(=O)N1CCN(C)C[C@@H]1c1ccccc1. The van der Waals surface area contributed by atoms with Gasteiger partial charge in [0.15, 0.2) is 0 Å². The maximum atomic E-state index is 12.3. The van der Waals surface area contributed by atoms with Crippen LogP contribution in [0, 0.1) is 0 Å². The van der Waals surface area contributed by atoms with Crippen molar-refractivity contribution in [3.8, 4) is 0 Å². The Kier molecular flexibility index (Phi) is 5.28. The van der Waals surface area contributed by atoms with Crippen LogP contribution in [0.5, 0.6) is 0 Å². The van der Waals surface area contributed by atoms with E-state index in [0.717, 1.165) is 25.4 Å². The van der Waals surface area contributed by atoms with Gasteiger partial charge in [0.05, 0.1) is 11.8 Å². The van der Waals surface area contributed by atoms with Crippen molar-refractivity contribution in [2.45, 2.75) is 13.0 Å². The van der Waals surface area contributed by atoms with E-state index in [9.17, 15) is 4.79 Å². The fourth-order valence-electron chi connectivity index (χ4n) is 2.45. The number of hydrogen-bond donors (Lipinski definition) is 0. The number of likely N-dealkylation sites (N-methyl/N-ethyl adjacent to an activating group) is 1. The van der Waals surface area contributed by atoms with Crippen molar-refractivity contribution in [2.24, 2.45) is 0 Å². The van der Waals surface area contributed by atoms with Crippen molar-refractivity contribution >= 4 is 17.7 Å². The van der Waals surface area contributed by atoms with Gasteiger partial charge in [0.25, 0.3) is 0 Å². The van der Waals surface area contributed by atoms with Crippen LogP contribution in [0.25, 0.3) is 0 Å². The van der Waals surface area contributed by atoms with Gasteiger partial charge in [0, 0.05) is 19.6 Å². The van der Waals surface area contributed by atoms with Crippen LogP contribution in [0.15, 0.2) is 30.3 Å². The molecule has 0 radical (unpaired) electrons. The lowest BCUT2D eigenvalue weighted by Crippen LogP contribution is -2.49. The molecule has 1 aliphatic rings. The lowest BCUT2D eigenvalue weighted by atomic mass is 10.0. The molecule has 1 heterocycles. The summed E-state index contributed by atoms with van der Waals surface area (Å²) in [6.45, 7) is 4.81. The van der Waals surface area contributed by atoms with Gasteiger partial charge in [-0.1, -0.05) is 37.3 Å². The number of amides is 1. The molecule has 1 aromatic rings. The number of carbonyl (C=O) groups is 1. The molecule has 0 aliphatic carbocycles. The third-order valence-corrected chi connectivity index (χ3v) is 4.38. The summed E-state index contributed by atoms with van der Waals surface area (Å²) in [7, 11) is 2.12. The first-order chi connectivity index (χ1) is 9.22. The van der Waals surface area contributed by atoms with Gasteiger partial charge in [0.1, 0.15) is 0 Å². The smallest absolute Gasteiger partial charge is 0.233 e. The van der Waals surface area contributed by atoms with E-state index in [2.05, 4.69) is 35.9 Å². The minimum absolute atomic E-state index is 0.199. The second-order valence-corrected chi connectivity index (χ2v) is 6.19. The van der Waals surface area contributed by atoms with Crippen LogP contribution in [0.2, 0.25) is 0 Å². The Hall–Kier alpha value is -1.00. The van der Waals surface area contributed by atoms with E-state index in [4.69, 9.17) is 0 Å². The van der Waals surface area contributed by atoms with Crippen molar-refractivity contribution in [2.75, 3.05) is 38.2 Å². The molecule has 104 valence electrons. The standard InChI is InChI=1S/C15H22N2OS/c1-3-19-12-15(18)17-10-9-16(2)11-14(17)13-7-5-4-6-8-13/h4-8,14H,3,9-12H2,1-2H3/t14-/m1/s1. The second kappa shape index (κ2) is 6.96.